The number of hydrogen-bond acceptors (Lipinski definition) is 3. The molecule has 0 amide bonds. The first-order chi connectivity index (χ1) is 35.2. The van der Waals surface area contributed by atoms with Gasteiger partial charge in [-0.1, -0.05) is 170 Å². The fourth-order valence-electron chi connectivity index (χ4n) is 11.6. The van der Waals surface area contributed by atoms with Gasteiger partial charge in [-0.15, -0.1) is 0 Å². The topological polar surface area (TPSA) is 58.4 Å². The third kappa shape index (κ3) is 6.06. The highest BCUT2D eigenvalue weighted by Crippen LogP contribution is 2.42. The first-order valence-electron chi connectivity index (χ1n) is 24.4. The smallest absolute Gasteiger partial charge is 0.238 e. The fourth-order valence-corrected chi connectivity index (χ4v) is 11.6. The van der Waals surface area contributed by atoms with Crippen LogP contribution in [-0.2, 0) is 6.42 Å². The molecule has 5 heterocycles. The molecule has 7 nitrogen and oxygen atoms in total. The molecular formula is C64H43N7. The highest BCUT2D eigenvalue weighted by molar-refractivity contribution is 6.15. The summed E-state index contributed by atoms with van der Waals surface area (Å²) in [7, 11) is 0. The van der Waals surface area contributed by atoms with Crippen LogP contribution < -0.4 is 0 Å². The van der Waals surface area contributed by atoms with Gasteiger partial charge >= 0.3 is 0 Å². The van der Waals surface area contributed by atoms with E-state index in [1.54, 1.807) is 0 Å². The number of aromatic nitrogens is 7. The van der Waals surface area contributed by atoms with Crippen LogP contribution >= 0.6 is 0 Å². The molecule has 2 aliphatic carbocycles. The van der Waals surface area contributed by atoms with E-state index in [1.165, 1.54) is 49.0 Å². The zero-order valence-electron chi connectivity index (χ0n) is 38.6. The van der Waals surface area contributed by atoms with Crippen LogP contribution in [0, 0.1) is 0 Å². The van der Waals surface area contributed by atoms with Crippen molar-refractivity contribution in [1.82, 2.24) is 33.2 Å². The lowest BCUT2D eigenvalue weighted by Gasteiger charge is -2.17. The Hall–Kier alpha value is -9.33. The summed E-state index contributed by atoms with van der Waals surface area (Å²) in [6.45, 7) is 0. The third-order valence-corrected chi connectivity index (χ3v) is 14.7. The minimum absolute atomic E-state index is 0.0415. The Kier molecular flexibility index (Phi) is 8.71. The lowest BCUT2D eigenvalue weighted by atomic mass is 10.00. The Morgan fingerprint density at radius 2 is 0.859 bits per heavy atom. The molecule has 1 atom stereocenters. The molecule has 0 saturated heterocycles. The van der Waals surface area contributed by atoms with Gasteiger partial charge in [-0.05, 0) is 67.1 Å². The molecule has 13 aromatic rings. The first kappa shape index (κ1) is 39.6. The van der Waals surface area contributed by atoms with Gasteiger partial charge in [0.1, 0.15) is 5.82 Å². The van der Waals surface area contributed by atoms with E-state index in [0.29, 0.717) is 11.8 Å². The zero-order chi connectivity index (χ0) is 46.6. The Morgan fingerprint density at radius 3 is 1.41 bits per heavy atom. The van der Waals surface area contributed by atoms with E-state index >= 15 is 0 Å². The van der Waals surface area contributed by atoms with E-state index in [2.05, 4.69) is 231 Å². The molecule has 2 aliphatic rings. The summed E-state index contributed by atoms with van der Waals surface area (Å²) in [5.74, 6) is 2.11. The number of allylic oxidation sites excluding steroid dienone is 7. The van der Waals surface area contributed by atoms with Gasteiger partial charge in [-0.2, -0.15) is 9.97 Å². The standard InChI is InChI=1S/C64H43N7/c1-4-20-41(21-5-1)62-65-63(42-22-6-2-7-23-42)67-64(66-62)71-59-30-9-3-8-24-51(59)53-39-60-52(40-61(53)71)50-29-14-19-35-58(50)70(60)45-37-43(68-54-31-15-10-25-46(54)47-26-11-16-32-55(47)68)36-44(38-45)69-56-33-17-12-27-48(56)49-28-13-18-34-57(49)69/h1-22,24-29,31-40,42H,23,30H2. The predicted molar refractivity (Wildman–Crippen MR) is 293 cm³/mol. The van der Waals surface area contributed by atoms with Crippen LogP contribution in [0.3, 0.4) is 0 Å². The lowest BCUT2D eigenvalue weighted by Crippen LogP contribution is -2.12. The minimum atomic E-state index is 0.0415. The highest BCUT2D eigenvalue weighted by atomic mass is 15.2. The molecule has 5 aromatic heterocycles. The maximum atomic E-state index is 5.36. The van der Waals surface area contributed by atoms with Gasteiger partial charge in [0.25, 0.3) is 0 Å². The summed E-state index contributed by atoms with van der Waals surface area (Å²) in [5, 5.41) is 8.38. The quantitative estimate of drug-likeness (QED) is 0.167. The van der Waals surface area contributed by atoms with Crippen molar-refractivity contribution in [2.75, 3.05) is 0 Å². The largest absolute Gasteiger partial charge is 0.309 e. The average Bonchev–Trinajstić information content (AvgIpc) is 4.09. The molecule has 1 unspecified atom stereocenters. The maximum absolute atomic E-state index is 5.36. The molecule has 0 fully saturated rings. The molecule has 334 valence electrons. The van der Waals surface area contributed by atoms with E-state index in [1.807, 2.05) is 18.2 Å². The zero-order valence-corrected chi connectivity index (χ0v) is 38.6. The number of rotatable bonds is 6. The number of benzene rings is 8. The summed E-state index contributed by atoms with van der Waals surface area (Å²) in [4.78, 5) is 15.8. The van der Waals surface area contributed by atoms with Crippen LogP contribution in [-0.4, -0.2) is 33.2 Å². The van der Waals surface area contributed by atoms with Crippen molar-refractivity contribution in [3.63, 3.8) is 0 Å². The summed E-state index contributed by atoms with van der Waals surface area (Å²) in [5.41, 5.74) is 14.5. The van der Waals surface area contributed by atoms with Crippen molar-refractivity contribution >= 4 is 82.4 Å². The van der Waals surface area contributed by atoms with Gasteiger partial charge in [0.05, 0.1) is 55.7 Å². The molecule has 7 heteroatoms. The molecule has 8 aromatic carbocycles. The number of hydrogen-bond donors (Lipinski definition) is 0. The second-order valence-electron chi connectivity index (χ2n) is 18.7. The Morgan fingerprint density at radius 1 is 0.380 bits per heavy atom. The van der Waals surface area contributed by atoms with Crippen molar-refractivity contribution in [2.24, 2.45) is 0 Å². The van der Waals surface area contributed by atoms with Gasteiger partial charge in [0.2, 0.25) is 5.95 Å². The SMILES string of the molecule is C1=CCc2c(c3cc4c(cc3n2-c2nc(-c3ccccc3)nc(C3C=CC=CC3)n2)c2ccccc2n4-c2cc(-n3c4ccccc4c4ccccc43)cc(-n3c4ccccc4c4ccccc43)c2)C=C1. The molecule has 0 radical (unpaired) electrons. The lowest BCUT2D eigenvalue weighted by molar-refractivity contribution is 0.743. The van der Waals surface area contributed by atoms with Crippen molar-refractivity contribution in [2.45, 2.75) is 18.8 Å². The van der Waals surface area contributed by atoms with Crippen LogP contribution in [0.1, 0.15) is 29.4 Å². The van der Waals surface area contributed by atoms with Gasteiger partial charge < -0.3 is 13.7 Å². The summed E-state index contributed by atoms with van der Waals surface area (Å²) in [6, 6.07) is 66.2. The second kappa shape index (κ2) is 15.6. The molecule has 0 aliphatic heterocycles. The summed E-state index contributed by atoms with van der Waals surface area (Å²) >= 11 is 0. The Labute approximate surface area is 408 Å². The van der Waals surface area contributed by atoms with Crippen LogP contribution in [0.2, 0.25) is 0 Å². The molecule has 0 N–H and O–H groups in total. The molecule has 15 rings (SSSR count). The Bertz CT molecular complexity index is 4230. The van der Waals surface area contributed by atoms with Gasteiger partial charge in [0.15, 0.2) is 5.82 Å². The fraction of sp³-hybridized carbons (Fsp3) is 0.0469. The van der Waals surface area contributed by atoms with E-state index in [9.17, 15) is 0 Å². The van der Waals surface area contributed by atoms with Gasteiger partial charge in [-0.3, -0.25) is 4.57 Å². The van der Waals surface area contributed by atoms with Crippen LogP contribution in [0.4, 0.5) is 0 Å². The van der Waals surface area contributed by atoms with Crippen LogP contribution in [0.5, 0.6) is 0 Å². The van der Waals surface area contributed by atoms with E-state index < -0.39 is 0 Å². The first-order valence-corrected chi connectivity index (χ1v) is 24.4. The van der Waals surface area contributed by atoms with Crippen molar-refractivity contribution in [3.05, 3.63) is 242 Å². The molecule has 0 saturated carbocycles. The molecular weight excluding hydrogens is 867 g/mol. The Balaban J connectivity index is 1.04. The molecule has 71 heavy (non-hydrogen) atoms. The van der Waals surface area contributed by atoms with E-state index in [0.717, 1.165) is 79.9 Å². The van der Waals surface area contributed by atoms with Gasteiger partial charge in [-0.25, -0.2) is 4.98 Å². The maximum Gasteiger partial charge on any atom is 0.238 e. The highest BCUT2D eigenvalue weighted by Gasteiger charge is 2.26. The van der Waals surface area contributed by atoms with E-state index in [4.69, 9.17) is 15.0 Å². The van der Waals surface area contributed by atoms with Crippen LogP contribution in [0.25, 0.3) is 117 Å². The van der Waals surface area contributed by atoms with Crippen molar-refractivity contribution < 1.29 is 0 Å². The van der Waals surface area contributed by atoms with E-state index in [-0.39, 0.29) is 5.92 Å². The van der Waals surface area contributed by atoms with Crippen molar-refractivity contribution in [3.8, 4) is 34.4 Å². The van der Waals surface area contributed by atoms with Crippen LogP contribution in [0.15, 0.2) is 225 Å². The van der Waals surface area contributed by atoms with Gasteiger partial charge in [0, 0.05) is 66.9 Å². The molecule has 0 bridgehead atoms. The monoisotopic (exact) mass is 909 g/mol. The average molecular weight is 910 g/mol. The number of fused-ring (bicyclic) bond motifs is 12. The summed E-state index contributed by atoms with van der Waals surface area (Å²) in [6.07, 6.45) is 19.0. The predicted octanol–water partition coefficient (Wildman–Crippen LogP) is 15.5. The third-order valence-electron chi connectivity index (χ3n) is 14.7. The minimum Gasteiger partial charge on any atom is -0.309 e. The molecule has 0 spiro atoms. The van der Waals surface area contributed by atoms with Crippen molar-refractivity contribution in [1.29, 1.82) is 0 Å². The number of para-hydroxylation sites is 5. The summed E-state index contributed by atoms with van der Waals surface area (Å²) < 4.78 is 9.68. The second-order valence-corrected chi connectivity index (χ2v) is 18.7. The number of nitrogens with zero attached hydrogens (tertiary/aromatic N) is 7. The normalized spacial score (nSPS) is 14.6.